The van der Waals surface area contributed by atoms with Crippen LogP contribution in [0, 0.1) is 12.8 Å². The van der Waals surface area contributed by atoms with E-state index in [9.17, 15) is 9.00 Å². The van der Waals surface area contributed by atoms with E-state index in [-0.39, 0.29) is 18.3 Å². The van der Waals surface area contributed by atoms with Crippen molar-refractivity contribution in [2.75, 3.05) is 7.11 Å². The van der Waals surface area contributed by atoms with Crippen LogP contribution in [0.1, 0.15) is 30.4 Å². The molecule has 2 aromatic carbocycles. The van der Waals surface area contributed by atoms with Crippen LogP contribution in [0.25, 0.3) is 5.57 Å². The van der Waals surface area contributed by atoms with Crippen LogP contribution < -0.4 is 0 Å². The topological polar surface area (TPSA) is 43.4 Å². The third kappa shape index (κ3) is 3.90. The number of benzene rings is 2. The summed E-state index contributed by atoms with van der Waals surface area (Å²) in [6.45, 7) is 2.01. The molecular weight excluding hydrogens is 332 g/mol. The quantitative estimate of drug-likeness (QED) is 0.743. The van der Waals surface area contributed by atoms with Crippen LogP contribution in [-0.4, -0.2) is 17.3 Å². The summed E-state index contributed by atoms with van der Waals surface area (Å²) in [4.78, 5) is 13.5. The zero-order valence-corrected chi connectivity index (χ0v) is 15.3. The number of carbonyl (C=O) groups is 1. The summed E-state index contributed by atoms with van der Waals surface area (Å²) >= 11 is 0. The molecule has 0 aromatic heterocycles. The minimum absolute atomic E-state index is 0.0372. The summed E-state index contributed by atoms with van der Waals surface area (Å²) in [6.07, 6.45) is 1.94. The lowest BCUT2D eigenvalue weighted by molar-refractivity contribution is -0.141. The lowest BCUT2D eigenvalue weighted by atomic mass is 10.1. The maximum absolute atomic E-state index is 13.3. The monoisotopic (exact) mass is 354 g/mol. The van der Waals surface area contributed by atoms with Gasteiger partial charge in [-0.3, -0.25) is 4.79 Å². The summed E-state index contributed by atoms with van der Waals surface area (Å²) in [5.41, 5.74) is 3.33. The largest absolute Gasteiger partial charge is 0.469 e. The first-order chi connectivity index (χ1) is 12.1. The molecule has 0 N–H and O–H groups in total. The molecule has 25 heavy (non-hydrogen) atoms. The first-order valence-electron chi connectivity index (χ1n) is 8.44. The summed E-state index contributed by atoms with van der Waals surface area (Å²) in [5, 5.41) is 0. The minimum atomic E-state index is -1.27. The molecule has 0 saturated carbocycles. The summed E-state index contributed by atoms with van der Waals surface area (Å²) < 4.78 is 18.2. The summed E-state index contributed by atoms with van der Waals surface area (Å²) in [7, 11) is 0.124. The second kappa shape index (κ2) is 7.79. The molecule has 0 aliphatic heterocycles. The lowest BCUT2D eigenvalue weighted by Gasteiger charge is -2.15. The van der Waals surface area contributed by atoms with E-state index >= 15 is 0 Å². The molecule has 2 atom stereocenters. The number of hydrogen-bond donors (Lipinski definition) is 0. The molecule has 1 aliphatic rings. The second-order valence-electron chi connectivity index (χ2n) is 6.31. The van der Waals surface area contributed by atoms with Crippen molar-refractivity contribution in [2.45, 2.75) is 31.1 Å². The van der Waals surface area contributed by atoms with E-state index in [1.807, 2.05) is 61.5 Å². The highest BCUT2D eigenvalue weighted by Gasteiger charge is 2.32. The Balaban J connectivity index is 2.03. The van der Waals surface area contributed by atoms with Crippen LogP contribution in [-0.2, 0) is 20.3 Å². The Labute approximate surface area is 151 Å². The number of methoxy groups -OCH3 is 1. The number of aryl methyl sites for hydroxylation is 1. The first-order valence-corrected chi connectivity index (χ1v) is 9.59. The van der Waals surface area contributed by atoms with E-state index in [2.05, 4.69) is 0 Å². The number of esters is 1. The average Bonchev–Trinajstić information content (AvgIpc) is 3.05. The molecule has 2 aromatic rings. The van der Waals surface area contributed by atoms with E-state index in [1.165, 1.54) is 7.11 Å². The Morgan fingerprint density at radius 3 is 2.44 bits per heavy atom. The van der Waals surface area contributed by atoms with Crippen molar-refractivity contribution in [3.8, 4) is 0 Å². The minimum Gasteiger partial charge on any atom is -0.469 e. The van der Waals surface area contributed by atoms with E-state index in [1.54, 1.807) is 0 Å². The Morgan fingerprint density at radius 1 is 1.12 bits per heavy atom. The van der Waals surface area contributed by atoms with Gasteiger partial charge in [-0.1, -0.05) is 48.0 Å². The lowest BCUT2D eigenvalue weighted by Crippen LogP contribution is -2.12. The van der Waals surface area contributed by atoms with Crippen LogP contribution in [0.4, 0.5) is 0 Å². The van der Waals surface area contributed by atoms with Gasteiger partial charge in [-0.15, -0.1) is 0 Å². The maximum Gasteiger partial charge on any atom is 0.306 e. The molecule has 0 unspecified atom stereocenters. The predicted molar refractivity (Wildman–Crippen MR) is 100 cm³/mol. The number of rotatable bonds is 5. The van der Waals surface area contributed by atoms with Gasteiger partial charge >= 0.3 is 5.97 Å². The second-order valence-corrected chi connectivity index (χ2v) is 7.76. The van der Waals surface area contributed by atoms with E-state index in [0.29, 0.717) is 0 Å². The van der Waals surface area contributed by atoms with Gasteiger partial charge in [0, 0.05) is 15.7 Å². The molecule has 3 nitrogen and oxygen atoms in total. The molecule has 0 amide bonds. The van der Waals surface area contributed by atoms with Gasteiger partial charge in [0.2, 0.25) is 0 Å². The number of hydrogen-bond acceptors (Lipinski definition) is 3. The van der Waals surface area contributed by atoms with Crippen molar-refractivity contribution in [3.05, 3.63) is 70.6 Å². The third-order valence-electron chi connectivity index (χ3n) is 4.61. The molecule has 130 valence electrons. The maximum atomic E-state index is 13.3. The van der Waals surface area contributed by atoms with Gasteiger partial charge in [0.15, 0.2) is 0 Å². The standard InChI is InChI=1S/C21H22O3S/c1-15-8-11-18(12-9-15)25(23)21-17(14-20(22)24-2)10-13-19(21)16-6-4-3-5-7-16/h3-9,11-12,17H,10,13-14H2,1-2H3/t17-,25-/m0/s1. The van der Waals surface area contributed by atoms with Crippen LogP contribution >= 0.6 is 0 Å². The van der Waals surface area contributed by atoms with Crippen molar-refractivity contribution in [2.24, 2.45) is 5.92 Å². The molecule has 0 bridgehead atoms. The third-order valence-corrected chi connectivity index (χ3v) is 6.29. The highest BCUT2D eigenvalue weighted by atomic mass is 32.2. The van der Waals surface area contributed by atoms with Crippen molar-refractivity contribution in [1.29, 1.82) is 0 Å². The molecule has 0 heterocycles. The van der Waals surface area contributed by atoms with Crippen LogP contribution in [0.15, 0.2) is 64.4 Å². The fourth-order valence-electron chi connectivity index (χ4n) is 3.28. The normalized spacial score (nSPS) is 18.2. The average molecular weight is 354 g/mol. The van der Waals surface area contributed by atoms with Gasteiger partial charge in [-0.05, 0) is 43.0 Å². The van der Waals surface area contributed by atoms with Crippen LogP contribution in [0.3, 0.4) is 0 Å². The van der Waals surface area contributed by atoms with Crippen LogP contribution in [0.5, 0.6) is 0 Å². The summed E-state index contributed by atoms with van der Waals surface area (Å²) in [5.74, 6) is -0.289. The predicted octanol–water partition coefficient (Wildman–Crippen LogP) is 4.49. The molecular formula is C21H22O3S. The zero-order chi connectivity index (χ0) is 17.8. The van der Waals surface area contributed by atoms with Gasteiger partial charge in [-0.25, -0.2) is 4.21 Å². The van der Waals surface area contributed by atoms with Crippen molar-refractivity contribution < 1.29 is 13.7 Å². The zero-order valence-electron chi connectivity index (χ0n) is 14.5. The van der Waals surface area contributed by atoms with Crippen molar-refractivity contribution in [3.63, 3.8) is 0 Å². The van der Waals surface area contributed by atoms with Crippen molar-refractivity contribution in [1.82, 2.24) is 0 Å². The molecule has 0 radical (unpaired) electrons. The number of allylic oxidation sites excluding steroid dienone is 2. The highest BCUT2D eigenvalue weighted by Crippen LogP contribution is 2.43. The summed E-state index contributed by atoms with van der Waals surface area (Å²) in [6, 6.07) is 17.8. The SMILES string of the molecule is COC(=O)C[C@@H]1CCC(c2ccccc2)=C1[S@@](=O)c1ccc(C)cc1. The van der Waals surface area contributed by atoms with E-state index < -0.39 is 10.8 Å². The molecule has 0 fully saturated rings. The van der Waals surface area contributed by atoms with Gasteiger partial charge in [0.05, 0.1) is 24.3 Å². The first kappa shape index (κ1) is 17.6. The molecule has 0 saturated heterocycles. The molecule has 0 spiro atoms. The fraction of sp³-hybridized carbons (Fsp3) is 0.286. The Bertz CT molecular complexity index is 807. The van der Waals surface area contributed by atoms with Gasteiger partial charge in [-0.2, -0.15) is 0 Å². The van der Waals surface area contributed by atoms with Crippen LogP contribution in [0.2, 0.25) is 0 Å². The molecule has 1 aliphatic carbocycles. The van der Waals surface area contributed by atoms with E-state index in [4.69, 9.17) is 4.74 Å². The number of ether oxygens (including phenoxy) is 1. The Morgan fingerprint density at radius 2 is 1.80 bits per heavy atom. The van der Waals surface area contributed by atoms with Gasteiger partial charge in [0.25, 0.3) is 0 Å². The van der Waals surface area contributed by atoms with Gasteiger partial charge in [0.1, 0.15) is 0 Å². The van der Waals surface area contributed by atoms with Gasteiger partial charge < -0.3 is 4.74 Å². The van der Waals surface area contributed by atoms with E-state index in [0.717, 1.165) is 39.3 Å². The fourth-order valence-corrected chi connectivity index (χ4v) is 4.86. The number of carbonyl (C=O) groups excluding carboxylic acids is 1. The Hall–Kier alpha value is -2.20. The Kier molecular flexibility index (Phi) is 5.49. The molecule has 4 heteroatoms. The smallest absolute Gasteiger partial charge is 0.306 e. The van der Waals surface area contributed by atoms with Crippen molar-refractivity contribution >= 4 is 22.3 Å². The molecule has 3 rings (SSSR count). The highest BCUT2D eigenvalue weighted by molar-refractivity contribution is 7.89.